The predicted molar refractivity (Wildman–Crippen MR) is 100 cm³/mol. The van der Waals surface area contributed by atoms with E-state index in [0.717, 1.165) is 40.5 Å². The summed E-state index contributed by atoms with van der Waals surface area (Å²) in [4.78, 5) is 13.5. The number of pyridine rings is 1. The Labute approximate surface area is 171 Å². The zero-order valence-corrected chi connectivity index (χ0v) is 17.3. The number of halogens is 1. The number of hydrogen-bond donors (Lipinski definition) is 1. The van der Waals surface area contributed by atoms with Gasteiger partial charge in [-0.2, -0.15) is 0 Å². The summed E-state index contributed by atoms with van der Waals surface area (Å²) in [7, 11) is 0. The minimum absolute atomic E-state index is 0.0832. The van der Waals surface area contributed by atoms with Crippen molar-refractivity contribution in [3.8, 4) is 17.2 Å². The van der Waals surface area contributed by atoms with Crippen molar-refractivity contribution in [3.05, 3.63) is 48.5 Å². The molecule has 1 aliphatic heterocycles. The zero-order chi connectivity index (χ0) is 18.9. The van der Waals surface area contributed by atoms with Crippen molar-refractivity contribution in [2.45, 2.75) is 6.92 Å². The van der Waals surface area contributed by atoms with E-state index in [1.807, 2.05) is 25.1 Å². The van der Waals surface area contributed by atoms with Gasteiger partial charge in [0.1, 0.15) is 0 Å². The Morgan fingerprint density at radius 3 is 2.82 bits per heavy atom. The van der Waals surface area contributed by atoms with E-state index in [2.05, 4.69) is 39.8 Å². The molecule has 0 radical (unpaired) electrons. The summed E-state index contributed by atoms with van der Waals surface area (Å²) >= 11 is -0.0832. The van der Waals surface area contributed by atoms with Gasteiger partial charge in [-0.25, -0.2) is 0 Å². The summed E-state index contributed by atoms with van der Waals surface area (Å²) in [6.45, 7) is 3.89. The van der Waals surface area contributed by atoms with Gasteiger partial charge in [-0.3, -0.25) is 0 Å². The van der Waals surface area contributed by atoms with Crippen LogP contribution in [0.5, 0.6) is 0 Å². The summed E-state index contributed by atoms with van der Waals surface area (Å²) in [5.74, 6) is 1.77. The Hall–Kier alpha value is -2.73. The van der Waals surface area contributed by atoms with Gasteiger partial charge in [-0.15, -0.1) is 0 Å². The van der Waals surface area contributed by atoms with Crippen LogP contribution in [0.3, 0.4) is 0 Å². The van der Waals surface area contributed by atoms with Crippen LogP contribution in [0.1, 0.15) is 5.69 Å². The molecule has 0 saturated carbocycles. The molecule has 0 aromatic carbocycles. The molecule has 4 aromatic rings. The van der Waals surface area contributed by atoms with Crippen molar-refractivity contribution in [2.75, 3.05) is 20.8 Å². The van der Waals surface area contributed by atoms with Gasteiger partial charge in [0.05, 0.1) is 0 Å². The third-order valence-corrected chi connectivity index (χ3v) is 6.99. The first-order valence-corrected chi connectivity index (χ1v) is 11.3. The molecular formula is C18H17IN9-. The molecule has 28 heavy (non-hydrogen) atoms. The molecule has 1 fully saturated rings. The Morgan fingerprint density at radius 1 is 1.04 bits per heavy atom. The van der Waals surface area contributed by atoms with Gasteiger partial charge < -0.3 is 0 Å². The number of aryl methyl sites for hydroxylation is 1. The maximum atomic E-state index is 4.86. The first kappa shape index (κ1) is 17.4. The van der Waals surface area contributed by atoms with Crippen LogP contribution in [0, 0.1) is 6.92 Å². The molecule has 142 valence electrons. The van der Waals surface area contributed by atoms with Crippen LogP contribution in [-0.2, 0) is 0 Å². The van der Waals surface area contributed by atoms with Crippen LogP contribution in [0.15, 0.2) is 42.9 Å². The Balaban J connectivity index is 1.57. The molecule has 1 N–H and O–H groups in total. The molecular weight excluding hydrogens is 469 g/mol. The molecule has 1 aliphatic rings. The molecule has 0 atom stereocenters. The fraction of sp³-hybridized carbons (Fsp3) is 0.222. The van der Waals surface area contributed by atoms with Crippen LogP contribution < -0.4 is 29.9 Å². The first-order chi connectivity index (χ1) is 13.8. The predicted octanol–water partition coefficient (Wildman–Crippen LogP) is -1.65. The van der Waals surface area contributed by atoms with E-state index in [4.69, 9.17) is 4.98 Å². The summed E-state index contributed by atoms with van der Waals surface area (Å²) in [5.41, 5.74) is 3.74. The fourth-order valence-corrected chi connectivity index (χ4v) is 5.22. The van der Waals surface area contributed by atoms with E-state index in [-0.39, 0.29) is 21.5 Å². The Bertz CT molecular complexity index is 1140. The first-order valence-electron chi connectivity index (χ1n) is 8.83. The molecule has 0 spiro atoms. The van der Waals surface area contributed by atoms with Crippen LogP contribution in [-0.4, -0.2) is 52.6 Å². The number of anilines is 1. The van der Waals surface area contributed by atoms with Gasteiger partial charge in [0.15, 0.2) is 0 Å². The number of nitrogens with zero attached hydrogens (tertiary/aromatic N) is 8. The van der Waals surface area contributed by atoms with Gasteiger partial charge in [0, 0.05) is 0 Å². The van der Waals surface area contributed by atoms with E-state index in [0.29, 0.717) is 16.9 Å². The van der Waals surface area contributed by atoms with Crippen LogP contribution in [0.4, 0.5) is 5.82 Å². The molecule has 9 nitrogen and oxygen atoms in total. The molecule has 0 bridgehead atoms. The van der Waals surface area contributed by atoms with Gasteiger partial charge >= 0.3 is 172 Å². The van der Waals surface area contributed by atoms with E-state index >= 15 is 0 Å². The van der Waals surface area contributed by atoms with Gasteiger partial charge in [0.2, 0.25) is 0 Å². The van der Waals surface area contributed by atoms with Crippen molar-refractivity contribution in [1.82, 2.24) is 40.2 Å². The SMILES string of the molecule is Cc1cncc(-c2cc3c(cnn3-c3cccc(N4CCNC[I-]4)n3)nn2)n1. The van der Waals surface area contributed by atoms with Gasteiger partial charge in [0.25, 0.3) is 0 Å². The van der Waals surface area contributed by atoms with Gasteiger partial charge in [-0.1, -0.05) is 0 Å². The number of rotatable bonds is 3. The summed E-state index contributed by atoms with van der Waals surface area (Å²) in [6.07, 6.45) is 5.12. The molecule has 0 aliphatic carbocycles. The van der Waals surface area contributed by atoms with Crippen LogP contribution in [0.2, 0.25) is 0 Å². The Morgan fingerprint density at radius 2 is 1.96 bits per heavy atom. The van der Waals surface area contributed by atoms with E-state index in [1.54, 1.807) is 23.3 Å². The average molecular weight is 486 g/mol. The zero-order valence-electron chi connectivity index (χ0n) is 15.1. The topological polar surface area (TPSA) is 97.5 Å². The monoisotopic (exact) mass is 486 g/mol. The number of aromatic nitrogens is 7. The molecule has 5 rings (SSSR count). The minimum atomic E-state index is -0.0832. The summed E-state index contributed by atoms with van der Waals surface area (Å²) in [6, 6.07) is 7.99. The fourth-order valence-electron chi connectivity index (χ4n) is 2.98. The third kappa shape index (κ3) is 3.29. The number of hydrogen-bond acceptors (Lipinski definition) is 8. The molecule has 0 unspecified atom stereocenters. The summed E-state index contributed by atoms with van der Waals surface area (Å²) in [5, 5.41) is 16.5. The second-order valence-corrected chi connectivity index (χ2v) is 8.90. The quantitative estimate of drug-likeness (QED) is 0.159. The number of nitrogens with one attached hydrogen (secondary N) is 1. The second-order valence-electron chi connectivity index (χ2n) is 6.30. The van der Waals surface area contributed by atoms with Crippen molar-refractivity contribution >= 4 is 16.9 Å². The van der Waals surface area contributed by atoms with Crippen molar-refractivity contribution in [2.24, 2.45) is 0 Å². The van der Waals surface area contributed by atoms with Crippen molar-refractivity contribution in [1.29, 1.82) is 0 Å². The van der Waals surface area contributed by atoms with E-state index < -0.39 is 0 Å². The van der Waals surface area contributed by atoms with Gasteiger partial charge in [-0.05, 0) is 0 Å². The van der Waals surface area contributed by atoms with Crippen LogP contribution in [0.25, 0.3) is 28.2 Å². The molecule has 10 heteroatoms. The van der Waals surface area contributed by atoms with Crippen LogP contribution >= 0.6 is 0 Å². The third-order valence-electron chi connectivity index (χ3n) is 4.31. The molecule has 0 amide bonds. The average Bonchev–Trinajstić information content (AvgIpc) is 3.18. The molecule has 1 saturated heterocycles. The number of alkyl halides is 1. The second kappa shape index (κ2) is 7.36. The van der Waals surface area contributed by atoms with Crippen molar-refractivity contribution < 1.29 is 21.5 Å². The van der Waals surface area contributed by atoms with E-state index in [9.17, 15) is 0 Å². The Kier molecular flexibility index (Phi) is 4.56. The normalized spacial score (nSPS) is 14.8. The molecule has 5 heterocycles. The summed E-state index contributed by atoms with van der Waals surface area (Å²) < 4.78 is 5.27. The number of fused-ring (bicyclic) bond motifs is 1. The standard InChI is InChI=1S/C18H17IN9/c1-12-8-21-9-14(23-12)13-7-16-15(26-25-13)10-22-28(16)18-4-2-3-17(24-18)27-6-5-20-11-19-27/h2-4,7-10,20H,5-6,11H2,1H3/q-1. The van der Waals surface area contributed by atoms with Crippen molar-refractivity contribution in [3.63, 3.8) is 0 Å². The molecule has 4 aromatic heterocycles. The van der Waals surface area contributed by atoms with E-state index in [1.165, 1.54) is 0 Å². The maximum absolute atomic E-state index is 4.86.